The van der Waals surface area contributed by atoms with Gasteiger partial charge in [-0.2, -0.15) is 0 Å². The van der Waals surface area contributed by atoms with E-state index in [0.717, 1.165) is 18.8 Å². The highest BCUT2D eigenvalue weighted by Gasteiger charge is 2.22. The van der Waals surface area contributed by atoms with Crippen molar-refractivity contribution in [2.45, 2.75) is 18.8 Å². The number of aryl methyl sites for hydroxylation is 1. The van der Waals surface area contributed by atoms with E-state index >= 15 is 0 Å². The van der Waals surface area contributed by atoms with E-state index in [0.29, 0.717) is 11.8 Å². The Balaban J connectivity index is 2.02. The van der Waals surface area contributed by atoms with Crippen LogP contribution in [0, 0.1) is 0 Å². The fourth-order valence-corrected chi connectivity index (χ4v) is 2.17. The molecule has 2 rings (SSSR count). The minimum absolute atomic E-state index is 0.636. The van der Waals surface area contributed by atoms with Crippen molar-refractivity contribution in [2.24, 2.45) is 0 Å². The van der Waals surface area contributed by atoms with Gasteiger partial charge in [0.2, 0.25) is 0 Å². The van der Waals surface area contributed by atoms with Crippen molar-refractivity contribution >= 4 is 11.6 Å². The lowest BCUT2D eigenvalue weighted by molar-refractivity contribution is 0.411. The predicted octanol–water partition coefficient (Wildman–Crippen LogP) is 1.61. The molecule has 0 spiro atoms. The molecule has 0 aliphatic carbocycles. The average molecular weight is 214 g/mol. The van der Waals surface area contributed by atoms with E-state index in [2.05, 4.69) is 21.9 Å². The molecule has 0 aromatic carbocycles. The van der Waals surface area contributed by atoms with Crippen LogP contribution in [0.5, 0.6) is 0 Å². The van der Waals surface area contributed by atoms with E-state index in [4.69, 9.17) is 11.6 Å². The molecule has 2 heterocycles. The first kappa shape index (κ1) is 9.99. The Morgan fingerprint density at radius 2 is 2.57 bits per heavy atom. The maximum absolute atomic E-state index is 5.66. The van der Waals surface area contributed by atoms with E-state index in [9.17, 15) is 0 Å². The zero-order chi connectivity index (χ0) is 9.97. The molecule has 1 aliphatic heterocycles. The van der Waals surface area contributed by atoms with Gasteiger partial charge in [-0.15, -0.1) is 11.6 Å². The lowest BCUT2D eigenvalue weighted by atomic mass is 10.1. The molecule has 1 fully saturated rings. The number of likely N-dealkylation sites (tertiary alicyclic amines) is 1. The fraction of sp³-hybridized carbons (Fsp3) is 0.700. The van der Waals surface area contributed by atoms with Crippen LogP contribution in [0.1, 0.15) is 23.9 Å². The third-order valence-corrected chi connectivity index (χ3v) is 3.00. The smallest absolute Gasteiger partial charge is 0.107 e. The average Bonchev–Trinajstić information content (AvgIpc) is 2.74. The normalized spacial score (nSPS) is 23.1. The zero-order valence-electron chi connectivity index (χ0n) is 8.46. The summed E-state index contributed by atoms with van der Waals surface area (Å²) in [6.45, 7) is 2.33. The van der Waals surface area contributed by atoms with Crippen molar-refractivity contribution in [1.29, 1.82) is 0 Å². The quantitative estimate of drug-likeness (QED) is 0.774. The first-order valence-corrected chi connectivity index (χ1v) is 5.61. The summed E-state index contributed by atoms with van der Waals surface area (Å²) in [4.78, 5) is 10.0. The summed E-state index contributed by atoms with van der Waals surface area (Å²) in [6, 6.07) is 0. The Morgan fingerprint density at radius 3 is 3.21 bits per heavy atom. The summed E-state index contributed by atoms with van der Waals surface area (Å²) in [7, 11) is 2.16. The van der Waals surface area contributed by atoms with Crippen molar-refractivity contribution in [2.75, 3.05) is 26.0 Å². The largest absolute Gasteiger partial charge is 0.346 e. The molecule has 1 atom stereocenters. The summed E-state index contributed by atoms with van der Waals surface area (Å²) in [5.74, 6) is 2.29. The molecule has 14 heavy (non-hydrogen) atoms. The molecule has 0 bridgehead atoms. The minimum Gasteiger partial charge on any atom is -0.346 e. The van der Waals surface area contributed by atoms with Crippen LogP contribution in [0.2, 0.25) is 0 Å². The summed E-state index contributed by atoms with van der Waals surface area (Å²) < 4.78 is 0. The first-order chi connectivity index (χ1) is 6.79. The number of aromatic amines is 1. The first-order valence-electron chi connectivity index (χ1n) is 5.08. The minimum atomic E-state index is 0.636. The predicted molar refractivity (Wildman–Crippen MR) is 57.9 cm³/mol. The second kappa shape index (κ2) is 4.32. The highest BCUT2D eigenvalue weighted by atomic mass is 35.5. The van der Waals surface area contributed by atoms with Gasteiger partial charge in [-0.25, -0.2) is 4.98 Å². The summed E-state index contributed by atoms with van der Waals surface area (Å²) >= 11 is 5.66. The molecule has 0 radical (unpaired) electrons. The molecule has 1 aliphatic rings. The van der Waals surface area contributed by atoms with Crippen molar-refractivity contribution in [1.82, 2.24) is 14.9 Å². The highest BCUT2D eigenvalue weighted by Crippen LogP contribution is 2.24. The number of halogens is 1. The van der Waals surface area contributed by atoms with Gasteiger partial charge in [0.05, 0.1) is 0 Å². The maximum Gasteiger partial charge on any atom is 0.107 e. The molecule has 1 aromatic heterocycles. The molecule has 78 valence electrons. The van der Waals surface area contributed by atoms with Gasteiger partial charge in [-0.05, 0) is 20.0 Å². The highest BCUT2D eigenvalue weighted by molar-refractivity contribution is 6.17. The number of alkyl halides is 1. The number of rotatable bonds is 3. The lowest BCUT2D eigenvalue weighted by Gasteiger charge is -2.07. The third-order valence-electron chi connectivity index (χ3n) is 2.81. The molecule has 1 aromatic rings. The van der Waals surface area contributed by atoms with Gasteiger partial charge in [0.1, 0.15) is 5.82 Å². The van der Waals surface area contributed by atoms with Gasteiger partial charge in [-0.3, -0.25) is 0 Å². The van der Waals surface area contributed by atoms with Crippen LogP contribution in [0.15, 0.2) is 6.20 Å². The van der Waals surface area contributed by atoms with Crippen LogP contribution in [0.3, 0.4) is 0 Å². The monoisotopic (exact) mass is 213 g/mol. The molecular weight excluding hydrogens is 198 g/mol. The molecule has 1 N–H and O–H groups in total. The maximum atomic E-state index is 5.66. The van der Waals surface area contributed by atoms with E-state index in [1.807, 2.05) is 6.20 Å². The van der Waals surface area contributed by atoms with Crippen LogP contribution < -0.4 is 0 Å². The fourth-order valence-electron chi connectivity index (χ4n) is 1.99. The Labute approximate surface area is 89.5 Å². The third kappa shape index (κ3) is 2.10. The van der Waals surface area contributed by atoms with Crippen LogP contribution in [0.25, 0.3) is 0 Å². The summed E-state index contributed by atoms with van der Waals surface area (Å²) in [6.07, 6.45) is 4.04. The van der Waals surface area contributed by atoms with Crippen LogP contribution >= 0.6 is 11.6 Å². The van der Waals surface area contributed by atoms with Gasteiger partial charge in [-0.1, -0.05) is 0 Å². The van der Waals surface area contributed by atoms with Crippen molar-refractivity contribution in [3.63, 3.8) is 0 Å². The van der Waals surface area contributed by atoms with E-state index in [1.54, 1.807) is 0 Å². The number of H-pyrrole nitrogens is 1. The zero-order valence-corrected chi connectivity index (χ0v) is 9.22. The molecule has 1 unspecified atom stereocenters. The SMILES string of the molecule is CN1CCC(c2cnc(CCCl)[nH]2)C1. The molecule has 3 nitrogen and oxygen atoms in total. The van der Waals surface area contributed by atoms with Crippen molar-refractivity contribution < 1.29 is 0 Å². The van der Waals surface area contributed by atoms with Gasteiger partial charge >= 0.3 is 0 Å². The van der Waals surface area contributed by atoms with E-state index in [-0.39, 0.29) is 0 Å². The standard InChI is InChI=1S/C10H16ClN3/c1-14-5-3-8(7-14)9-6-12-10(13-9)2-4-11/h6,8H,2-5,7H2,1H3,(H,12,13). The van der Waals surface area contributed by atoms with Gasteiger partial charge in [0.15, 0.2) is 0 Å². The molecule has 0 amide bonds. The Kier molecular flexibility index (Phi) is 3.08. The van der Waals surface area contributed by atoms with E-state index in [1.165, 1.54) is 18.7 Å². The molecule has 0 saturated carbocycles. The summed E-state index contributed by atoms with van der Waals surface area (Å²) in [5, 5.41) is 0. The Hall–Kier alpha value is -0.540. The lowest BCUT2D eigenvalue weighted by Crippen LogP contribution is -2.13. The number of nitrogens with zero attached hydrogens (tertiary/aromatic N) is 2. The van der Waals surface area contributed by atoms with Gasteiger partial charge in [0, 0.05) is 36.7 Å². The molecule has 4 heteroatoms. The van der Waals surface area contributed by atoms with Crippen molar-refractivity contribution in [3.8, 4) is 0 Å². The summed E-state index contributed by atoms with van der Waals surface area (Å²) in [5.41, 5.74) is 1.27. The van der Waals surface area contributed by atoms with Gasteiger partial charge in [0.25, 0.3) is 0 Å². The number of imidazole rings is 1. The molecular formula is C10H16ClN3. The van der Waals surface area contributed by atoms with Crippen molar-refractivity contribution in [3.05, 3.63) is 17.7 Å². The second-order valence-electron chi connectivity index (χ2n) is 3.97. The second-order valence-corrected chi connectivity index (χ2v) is 4.35. The number of hydrogen-bond acceptors (Lipinski definition) is 2. The molecule has 1 saturated heterocycles. The number of hydrogen-bond donors (Lipinski definition) is 1. The van der Waals surface area contributed by atoms with Crippen LogP contribution in [0.4, 0.5) is 0 Å². The number of nitrogens with one attached hydrogen (secondary N) is 1. The topological polar surface area (TPSA) is 31.9 Å². The van der Waals surface area contributed by atoms with Crippen LogP contribution in [-0.4, -0.2) is 40.9 Å². The Bertz CT molecular complexity index is 297. The van der Waals surface area contributed by atoms with E-state index < -0.39 is 0 Å². The number of aromatic nitrogens is 2. The number of likely N-dealkylation sites (N-methyl/N-ethyl adjacent to an activating group) is 1. The Morgan fingerprint density at radius 1 is 1.71 bits per heavy atom. The van der Waals surface area contributed by atoms with Gasteiger partial charge < -0.3 is 9.88 Å². The van der Waals surface area contributed by atoms with Crippen LogP contribution in [-0.2, 0) is 6.42 Å².